The number of nitrogens with zero attached hydrogens (tertiary/aromatic N) is 3. The fourth-order valence-corrected chi connectivity index (χ4v) is 4.33. The molecular formula is C21H17N5O9S. The van der Waals surface area contributed by atoms with Crippen LogP contribution in [0.5, 0.6) is 17.2 Å². The zero-order valence-corrected chi connectivity index (χ0v) is 19.2. The van der Waals surface area contributed by atoms with Gasteiger partial charge in [0.05, 0.1) is 45.4 Å². The Kier molecular flexibility index (Phi) is 6.56. The van der Waals surface area contributed by atoms with E-state index in [1.807, 2.05) is 0 Å². The van der Waals surface area contributed by atoms with Gasteiger partial charge in [-0.1, -0.05) is 12.1 Å². The van der Waals surface area contributed by atoms with Crippen LogP contribution in [0, 0.1) is 20.2 Å². The van der Waals surface area contributed by atoms with Gasteiger partial charge in [0.2, 0.25) is 6.79 Å². The van der Waals surface area contributed by atoms with Crippen molar-refractivity contribution in [2.75, 3.05) is 24.1 Å². The summed E-state index contributed by atoms with van der Waals surface area (Å²) in [5.74, 6) is 0.756. The van der Waals surface area contributed by atoms with Gasteiger partial charge in [0, 0.05) is 6.07 Å². The summed E-state index contributed by atoms with van der Waals surface area (Å²) in [5, 5.41) is 26.8. The van der Waals surface area contributed by atoms with Gasteiger partial charge in [0.15, 0.2) is 11.5 Å². The Labute approximate surface area is 203 Å². The van der Waals surface area contributed by atoms with Crippen LogP contribution in [0.4, 0.5) is 22.7 Å². The van der Waals surface area contributed by atoms with E-state index in [4.69, 9.17) is 14.2 Å². The van der Waals surface area contributed by atoms with Gasteiger partial charge >= 0.3 is 0 Å². The van der Waals surface area contributed by atoms with Crippen molar-refractivity contribution in [3.63, 3.8) is 0 Å². The molecule has 1 aliphatic rings. The fourth-order valence-electron chi connectivity index (χ4n) is 3.24. The summed E-state index contributed by atoms with van der Waals surface area (Å²) >= 11 is 0. The number of methoxy groups -OCH3 is 1. The Balaban J connectivity index is 1.60. The lowest BCUT2D eigenvalue weighted by atomic mass is 10.1. The third-order valence-corrected chi connectivity index (χ3v) is 6.30. The third kappa shape index (κ3) is 4.95. The van der Waals surface area contributed by atoms with Crippen molar-refractivity contribution >= 4 is 39.0 Å². The van der Waals surface area contributed by atoms with E-state index in [2.05, 4.69) is 15.2 Å². The van der Waals surface area contributed by atoms with Crippen LogP contribution < -0.4 is 24.4 Å². The monoisotopic (exact) mass is 515 g/mol. The minimum absolute atomic E-state index is 0.0552. The molecule has 2 N–H and O–H groups in total. The number of para-hydroxylation sites is 2. The summed E-state index contributed by atoms with van der Waals surface area (Å²) in [6.07, 6.45) is 1.08. The van der Waals surface area contributed by atoms with Crippen LogP contribution >= 0.6 is 0 Å². The second-order valence-electron chi connectivity index (χ2n) is 7.13. The molecule has 0 saturated heterocycles. The molecule has 0 fully saturated rings. The van der Waals surface area contributed by atoms with Gasteiger partial charge in [-0.25, -0.2) is 8.42 Å². The van der Waals surface area contributed by atoms with Gasteiger partial charge in [0.1, 0.15) is 11.4 Å². The Bertz CT molecular complexity index is 1490. The van der Waals surface area contributed by atoms with Gasteiger partial charge in [-0.2, -0.15) is 5.10 Å². The van der Waals surface area contributed by atoms with E-state index in [9.17, 15) is 28.6 Å². The molecule has 15 heteroatoms. The van der Waals surface area contributed by atoms with E-state index < -0.39 is 25.6 Å². The SMILES string of the molecule is COc1ccccc1NS(=O)(=O)c1ccc(N/N=C/c2cc3c(cc2[N+](=O)[O-])OCO3)c([N+](=O)[O-])c1. The van der Waals surface area contributed by atoms with Gasteiger partial charge in [-0.15, -0.1) is 0 Å². The first kappa shape index (κ1) is 24.2. The topological polar surface area (TPSA) is 185 Å². The lowest BCUT2D eigenvalue weighted by Gasteiger charge is -2.12. The molecule has 1 heterocycles. The van der Waals surface area contributed by atoms with Crippen LogP contribution in [0.15, 0.2) is 64.6 Å². The molecule has 0 aliphatic carbocycles. The predicted octanol–water partition coefficient (Wildman–Crippen LogP) is 3.49. The smallest absolute Gasteiger partial charge is 0.295 e. The molecule has 4 rings (SSSR count). The van der Waals surface area contributed by atoms with Crippen molar-refractivity contribution < 1.29 is 32.5 Å². The number of ether oxygens (including phenoxy) is 3. The van der Waals surface area contributed by atoms with Gasteiger partial charge in [-0.3, -0.25) is 30.4 Å². The maximum absolute atomic E-state index is 12.8. The summed E-state index contributed by atoms with van der Waals surface area (Å²) < 4.78 is 43.4. The summed E-state index contributed by atoms with van der Waals surface area (Å²) in [6.45, 7) is -0.0846. The highest BCUT2D eigenvalue weighted by Crippen LogP contribution is 2.37. The summed E-state index contributed by atoms with van der Waals surface area (Å²) in [6, 6.07) is 12.0. The number of benzene rings is 3. The molecular weight excluding hydrogens is 498 g/mol. The predicted molar refractivity (Wildman–Crippen MR) is 127 cm³/mol. The number of hydrogen-bond acceptors (Lipinski definition) is 11. The van der Waals surface area contributed by atoms with Crippen molar-refractivity contribution in [3.05, 3.63) is 80.4 Å². The largest absolute Gasteiger partial charge is 0.495 e. The van der Waals surface area contributed by atoms with Crippen LogP contribution in [0.25, 0.3) is 0 Å². The molecule has 0 unspecified atom stereocenters. The second kappa shape index (κ2) is 9.75. The van der Waals surface area contributed by atoms with Crippen molar-refractivity contribution in [1.82, 2.24) is 0 Å². The zero-order valence-electron chi connectivity index (χ0n) is 18.4. The first-order chi connectivity index (χ1) is 17.2. The molecule has 14 nitrogen and oxygen atoms in total. The molecule has 0 spiro atoms. The number of hydrogen-bond donors (Lipinski definition) is 2. The van der Waals surface area contributed by atoms with E-state index >= 15 is 0 Å². The van der Waals surface area contributed by atoms with E-state index in [1.165, 1.54) is 25.3 Å². The summed E-state index contributed by atoms with van der Waals surface area (Å²) in [7, 11) is -2.83. The Hall–Kier alpha value is -4.92. The summed E-state index contributed by atoms with van der Waals surface area (Å²) in [5.41, 5.74) is 1.58. The van der Waals surface area contributed by atoms with Gasteiger partial charge in [-0.05, 0) is 30.3 Å². The number of fused-ring (bicyclic) bond motifs is 1. The van der Waals surface area contributed by atoms with Crippen LogP contribution in [0.1, 0.15) is 5.56 Å². The number of rotatable bonds is 9. The molecule has 0 radical (unpaired) electrons. The second-order valence-corrected chi connectivity index (χ2v) is 8.82. The average molecular weight is 515 g/mol. The van der Waals surface area contributed by atoms with Crippen molar-refractivity contribution in [3.8, 4) is 17.2 Å². The molecule has 0 saturated carbocycles. The first-order valence-corrected chi connectivity index (χ1v) is 11.5. The van der Waals surface area contributed by atoms with Crippen LogP contribution in [-0.2, 0) is 10.0 Å². The van der Waals surface area contributed by atoms with Crippen molar-refractivity contribution in [2.45, 2.75) is 4.90 Å². The van der Waals surface area contributed by atoms with Crippen LogP contribution in [-0.4, -0.2) is 38.4 Å². The lowest BCUT2D eigenvalue weighted by molar-refractivity contribution is -0.385. The standard InChI is InChI=1S/C21H17N5O9S/c1-33-19-5-3-2-4-16(19)24-36(31,32)14-6-7-15(18(9-14)26(29)30)23-22-11-13-8-20-21(35-12-34-20)10-17(13)25(27)28/h2-11,23-24H,12H2,1H3/b22-11+. The normalized spacial score (nSPS) is 12.4. The quantitative estimate of drug-likeness (QED) is 0.243. The average Bonchev–Trinajstić information content (AvgIpc) is 3.31. The Morgan fingerprint density at radius 2 is 1.67 bits per heavy atom. The van der Waals surface area contributed by atoms with Crippen LogP contribution in [0.2, 0.25) is 0 Å². The van der Waals surface area contributed by atoms with E-state index in [0.717, 1.165) is 24.4 Å². The number of hydrazone groups is 1. The van der Waals surface area contributed by atoms with E-state index in [-0.39, 0.29) is 51.6 Å². The van der Waals surface area contributed by atoms with Gasteiger partial charge < -0.3 is 14.2 Å². The number of nitrogens with one attached hydrogen (secondary N) is 2. The third-order valence-electron chi connectivity index (χ3n) is 4.93. The van der Waals surface area contributed by atoms with Crippen LogP contribution in [0.3, 0.4) is 0 Å². The maximum Gasteiger partial charge on any atom is 0.295 e. The number of nitro groups is 2. The van der Waals surface area contributed by atoms with E-state index in [0.29, 0.717) is 0 Å². The molecule has 3 aromatic rings. The molecule has 0 bridgehead atoms. The lowest BCUT2D eigenvalue weighted by Crippen LogP contribution is -2.14. The Morgan fingerprint density at radius 3 is 2.36 bits per heavy atom. The molecule has 186 valence electrons. The van der Waals surface area contributed by atoms with Gasteiger partial charge in [0.25, 0.3) is 21.4 Å². The number of nitro benzene ring substituents is 2. The highest BCUT2D eigenvalue weighted by Gasteiger charge is 2.24. The molecule has 3 aromatic carbocycles. The number of anilines is 2. The first-order valence-electron chi connectivity index (χ1n) is 10.0. The highest BCUT2D eigenvalue weighted by molar-refractivity contribution is 7.92. The Morgan fingerprint density at radius 1 is 0.972 bits per heavy atom. The molecule has 0 amide bonds. The van der Waals surface area contributed by atoms with Crippen molar-refractivity contribution in [1.29, 1.82) is 0 Å². The molecule has 36 heavy (non-hydrogen) atoms. The minimum Gasteiger partial charge on any atom is -0.495 e. The molecule has 1 aliphatic heterocycles. The fraction of sp³-hybridized carbons (Fsp3) is 0.0952. The minimum atomic E-state index is -4.20. The van der Waals surface area contributed by atoms with Crippen molar-refractivity contribution in [2.24, 2.45) is 5.10 Å². The number of sulfonamides is 1. The molecule has 0 atom stereocenters. The summed E-state index contributed by atoms with van der Waals surface area (Å²) in [4.78, 5) is 21.2. The highest BCUT2D eigenvalue weighted by atomic mass is 32.2. The molecule has 0 aromatic heterocycles. The maximum atomic E-state index is 12.8. The van der Waals surface area contributed by atoms with E-state index in [1.54, 1.807) is 18.2 Å². The zero-order chi connectivity index (χ0) is 25.9.